The maximum atomic E-state index is 12.2. The Kier molecular flexibility index (Phi) is 11.3. The Morgan fingerprint density at radius 1 is 0.944 bits per heavy atom. The maximum absolute atomic E-state index is 12.2. The summed E-state index contributed by atoms with van der Waals surface area (Å²) in [5.41, 5.74) is 3.76. The fourth-order valence-corrected chi connectivity index (χ4v) is 5.69. The molecule has 5 nitrogen and oxygen atoms in total. The van der Waals surface area contributed by atoms with Gasteiger partial charge >= 0.3 is 11.9 Å². The Bertz CT molecular complexity index is 903. The smallest absolute Gasteiger partial charge is 0.311 e. The molecule has 1 heterocycles. The minimum Gasteiger partial charge on any atom is -0.487 e. The fourth-order valence-electron chi connectivity index (χ4n) is 5.69. The van der Waals surface area contributed by atoms with Crippen LogP contribution >= 0.6 is 0 Å². The Hall–Kier alpha value is -2.04. The molecular formula is C31H50O5. The second-order valence-corrected chi connectivity index (χ2v) is 12.1. The van der Waals surface area contributed by atoms with Gasteiger partial charge in [-0.15, -0.1) is 0 Å². The molecule has 1 aromatic rings. The number of hydrogen-bond donors (Lipinski definition) is 1. The number of rotatable bonds is 14. The number of carboxylic acid groups (broad SMARTS) is 1. The van der Waals surface area contributed by atoms with Crippen molar-refractivity contribution >= 4 is 11.9 Å². The molecule has 0 fully saturated rings. The number of carbonyl (C=O) groups is 2. The van der Waals surface area contributed by atoms with Crippen molar-refractivity contribution in [2.75, 3.05) is 0 Å². The van der Waals surface area contributed by atoms with Crippen LogP contribution in [0.2, 0.25) is 0 Å². The molecule has 36 heavy (non-hydrogen) atoms. The van der Waals surface area contributed by atoms with Gasteiger partial charge in [-0.05, 0) is 94.2 Å². The summed E-state index contributed by atoms with van der Waals surface area (Å²) in [6.07, 6.45) is 10.3. The van der Waals surface area contributed by atoms with Gasteiger partial charge in [-0.1, -0.05) is 53.4 Å². The number of esters is 1. The molecule has 0 amide bonds. The molecule has 3 atom stereocenters. The summed E-state index contributed by atoms with van der Waals surface area (Å²) >= 11 is 0. The third-order valence-electron chi connectivity index (χ3n) is 7.99. The van der Waals surface area contributed by atoms with Crippen LogP contribution in [-0.2, 0) is 16.0 Å². The van der Waals surface area contributed by atoms with Crippen LogP contribution in [0.1, 0.15) is 121 Å². The van der Waals surface area contributed by atoms with Gasteiger partial charge in [0.1, 0.15) is 17.1 Å². The molecule has 0 saturated heterocycles. The van der Waals surface area contributed by atoms with E-state index in [2.05, 4.69) is 34.6 Å². The maximum Gasteiger partial charge on any atom is 0.311 e. The van der Waals surface area contributed by atoms with E-state index in [4.69, 9.17) is 14.6 Å². The van der Waals surface area contributed by atoms with E-state index in [1.807, 2.05) is 20.8 Å². The van der Waals surface area contributed by atoms with Gasteiger partial charge in [-0.2, -0.15) is 0 Å². The van der Waals surface area contributed by atoms with Crippen molar-refractivity contribution < 1.29 is 24.2 Å². The SMILES string of the molecule is Cc1c(C)c2c(c(C)c1OC(=O)CCC(=O)O)CCC(C)(CCCC(C)CCCC(C)CC(C)C)O2. The Morgan fingerprint density at radius 2 is 1.58 bits per heavy atom. The molecule has 0 saturated carbocycles. The summed E-state index contributed by atoms with van der Waals surface area (Å²) in [6, 6.07) is 0. The van der Waals surface area contributed by atoms with Crippen LogP contribution in [0.25, 0.3) is 0 Å². The largest absolute Gasteiger partial charge is 0.487 e. The van der Waals surface area contributed by atoms with Crippen molar-refractivity contribution in [3.8, 4) is 11.5 Å². The third-order valence-corrected chi connectivity index (χ3v) is 7.99. The highest BCUT2D eigenvalue weighted by atomic mass is 16.5. The molecule has 2 rings (SSSR count). The number of benzene rings is 1. The molecule has 5 heteroatoms. The van der Waals surface area contributed by atoms with Crippen LogP contribution in [0, 0.1) is 38.5 Å². The first-order chi connectivity index (χ1) is 16.8. The Labute approximate surface area is 219 Å². The lowest BCUT2D eigenvalue weighted by Gasteiger charge is -2.38. The average molecular weight is 503 g/mol. The summed E-state index contributed by atoms with van der Waals surface area (Å²) in [5.74, 6) is 2.37. The number of carboxylic acids is 1. The topological polar surface area (TPSA) is 72.8 Å². The minimum absolute atomic E-state index is 0.131. The molecule has 1 aliphatic rings. The lowest BCUT2D eigenvalue weighted by Crippen LogP contribution is -2.37. The van der Waals surface area contributed by atoms with Crippen LogP contribution in [0.15, 0.2) is 0 Å². The second kappa shape index (κ2) is 13.5. The van der Waals surface area contributed by atoms with Crippen molar-refractivity contribution in [2.24, 2.45) is 17.8 Å². The van der Waals surface area contributed by atoms with Crippen LogP contribution in [0.3, 0.4) is 0 Å². The molecule has 3 unspecified atom stereocenters. The number of fused-ring (bicyclic) bond motifs is 1. The first-order valence-electron chi connectivity index (χ1n) is 14.1. The predicted octanol–water partition coefficient (Wildman–Crippen LogP) is 8.12. The summed E-state index contributed by atoms with van der Waals surface area (Å²) in [4.78, 5) is 23.0. The molecule has 0 radical (unpaired) electrons. The standard InChI is InChI=1S/C31H50O5/c1-20(2)19-22(4)12-9-11-21(3)13-10-17-31(8)18-16-26-25(7)29(23(5)24(6)30(26)36-31)35-28(34)15-14-27(32)33/h20-22H,9-19H2,1-8H3,(H,32,33). The van der Waals surface area contributed by atoms with Gasteiger partial charge in [-0.3, -0.25) is 9.59 Å². The van der Waals surface area contributed by atoms with E-state index in [1.165, 1.54) is 38.5 Å². The third kappa shape index (κ3) is 8.81. The number of hydrogen-bond acceptors (Lipinski definition) is 4. The van der Waals surface area contributed by atoms with E-state index >= 15 is 0 Å². The highest BCUT2D eigenvalue weighted by Crippen LogP contribution is 2.45. The minimum atomic E-state index is -1.000. The quantitative estimate of drug-likeness (QED) is 0.205. The van der Waals surface area contributed by atoms with E-state index in [1.54, 1.807) is 0 Å². The van der Waals surface area contributed by atoms with Gasteiger partial charge in [0.25, 0.3) is 0 Å². The van der Waals surface area contributed by atoms with Crippen molar-refractivity contribution in [1.82, 2.24) is 0 Å². The molecule has 0 spiro atoms. The average Bonchev–Trinajstić information content (AvgIpc) is 2.78. The predicted molar refractivity (Wildman–Crippen MR) is 146 cm³/mol. The van der Waals surface area contributed by atoms with E-state index in [0.29, 0.717) is 5.75 Å². The van der Waals surface area contributed by atoms with Gasteiger partial charge in [-0.25, -0.2) is 0 Å². The fraction of sp³-hybridized carbons (Fsp3) is 0.742. The monoisotopic (exact) mass is 502 g/mol. The molecule has 0 bridgehead atoms. The lowest BCUT2D eigenvalue weighted by atomic mass is 9.83. The molecular weight excluding hydrogens is 452 g/mol. The van der Waals surface area contributed by atoms with Crippen LogP contribution in [0.4, 0.5) is 0 Å². The summed E-state index contributed by atoms with van der Waals surface area (Å²) in [7, 11) is 0. The van der Waals surface area contributed by atoms with Gasteiger partial charge in [0.2, 0.25) is 0 Å². The van der Waals surface area contributed by atoms with Crippen LogP contribution in [-0.4, -0.2) is 22.6 Å². The molecule has 1 aromatic carbocycles. The number of carbonyl (C=O) groups excluding carboxylic acids is 1. The highest BCUT2D eigenvalue weighted by Gasteiger charge is 2.34. The van der Waals surface area contributed by atoms with E-state index < -0.39 is 11.9 Å². The van der Waals surface area contributed by atoms with Gasteiger partial charge in [0.05, 0.1) is 12.8 Å². The van der Waals surface area contributed by atoms with Gasteiger partial charge < -0.3 is 14.6 Å². The molecule has 204 valence electrons. The second-order valence-electron chi connectivity index (χ2n) is 12.1. The Balaban J connectivity index is 1.94. The highest BCUT2D eigenvalue weighted by molar-refractivity contribution is 5.79. The molecule has 0 aliphatic carbocycles. The summed E-state index contributed by atoms with van der Waals surface area (Å²) < 4.78 is 12.3. The molecule has 0 aromatic heterocycles. The lowest BCUT2D eigenvalue weighted by molar-refractivity contribution is -0.142. The van der Waals surface area contributed by atoms with Crippen molar-refractivity contribution in [3.05, 3.63) is 22.3 Å². The van der Waals surface area contributed by atoms with Gasteiger partial charge in [0, 0.05) is 5.56 Å². The van der Waals surface area contributed by atoms with E-state index in [-0.39, 0.29) is 18.4 Å². The molecule has 1 aliphatic heterocycles. The number of ether oxygens (including phenoxy) is 2. The number of aliphatic carboxylic acids is 1. The van der Waals surface area contributed by atoms with Crippen LogP contribution in [0.5, 0.6) is 11.5 Å². The first-order valence-corrected chi connectivity index (χ1v) is 14.1. The zero-order valence-electron chi connectivity index (χ0n) is 24.1. The zero-order valence-corrected chi connectivity index (χ0v) is 24.1. The normalized spacial score (nSPS) is 18.9. The van der Waals surface area contributed by atoms with E-state index in [9.17, 15) is 9.59 Å². The van der Waals surface area contributed by atoms with Gasteiger partial charge in [0.15, 0.2) is 0 Å². The van der Waals surface area contributed by atoms with Crippen molar-refractivity contribution in [3.63, 3.8) is 0 Å². The zero-order chi connectivity index (χ0) is 27.0. The Morgan fingerprint density at radius 3 is 2.22 bits per heavy atom. The van der Waals surface area contributed by atoms with Crippen LogP contribution < -0.4 is 9.47 Å². The van der Waals surface area contributed by atoms with E-state index in [0.717, 1.165) is 65.0 Å². The van der Waals surface area contributed by atoms with Crippen molar-refractivity contribution in [2.45, 2.75) is 132 Å². The summed E-state index contributed by atoms with van der Waals surface area (Å²) in [5, 5.41) is 8.84. The molecule has 1 N–H and O–H groups in total. The summed E-state index contributed by atoms with van der Waals surface area (Å²) in [6.45, 7) is 17.6. The van der Waals surface area contributed by atoms with Crippen molar-refractivity contribution in [1.29, 1.82) is 0 Å². The first kappa shape index (κ1) is 30.2.